The molecule has 2 aromatic rings. The van der Waals surface area contributed by atoms with E-state index in [2.05, 4.69) is 19.2 Å². The zero-order chi connectivity index (χ0) is 17.4. The normalized spacial score (nSPS) is 10.7. The molecule has 128 valence electrons. The molecule has 2 aromatic carbocycles. The molecule has 1 amide bonds. The number of amides is 1. The van der Waals surface area contributed by atoms with Gasteiger partial charge in [-0.2, -0.15) is 0 Å². The highest BCUT2D eigenvalue weighted by atomic mass is 16.5. The molecule has 4 heteroatoms. The third kappa shape index (κ3) is 5.39. The van der Waals surface area contributed by atoms with Crippen LogP contribution in [0.25, 0.3) is 0 Å². The van der Waals surface area contributed by atoms with E-state index in [-0.39, 0.29) is 5.91 Å². The van der Waals surface area contributed by atoms with E-state index in [0.29, 0.717) is 31.3 Å². The molecule has 0 aromatic heterocycles. The summed E-state index contributed by atoms with van der Waals surface area (Å²) < 4.78 is 11.3. The highest BCUT2D eigenvalue weighted by molar-refractivity contribution is 6.04. The summed E-state index contributed by atoms with van der Waals surface area (Å²) in [7, 11) is 0. The molecule has 0 aliphatic heterocycles. The maximum atomic E-state index is 12.4. The van der Waals surface area contributed by atoms with E-state index in [1.54, 1.807) is 6.07 Å². The highest BCUT2D eigenvalue weighted by Gasteiger charge is 2.11. The van der Waals surface area contributed by atoms with E-state index in [1.807, 2.05) is 49.4 Å². The maximum absolute atomic E-state index is 12.4. The SMILES string of the molecule is CCOc1ccc(C(=O)Nc2ccccc2)cc1COCC(C)C. The number of carbonyl (C=O) groups excluding carboxylic acids is 1. The Morgan fingerprint density at radius 3 is 2.54 bits per heavy atom. The minimum absolute atomic E-state index is 0.144. The molecule has 0 saturated heterocycles. The van der Waals surface area contributed by atoms with Crippen LogP contribution in [0.2, 0.25) is 0 Å². The van der Waals surface area contributed by atoms with Gasteiger partial charge in [0, 0.05) is 23.4 Å². The van der Waals surface area contributed by atoms with Crippen molar-refractivity contribution in [2.24, 2.45) is 5.92 Å². The first-order valence-electron chi connectivity index (χ1n) is 8.30. The Hall–Kier alpha value is -2.33. The largest absolute Gasteiger partial charge is 0.494 e. The third-order valence-electron chi connectivity index (χ3n) is 3.36. The molecule has 0 unspecified atom stereocenters. The van der Waals surface area contributed by atoms with Crippen LogP contribution in [0.15, 0.2) is 48.5 Å². The Morgan fingerprint density at radius 1 is 1.12 bits per heavy atom. The summed E-state index contributed by atoms with van der Waals surface area (Å²) in [5.74, 6) is 1.08. The van der Waals surface area contributed by atoms with Gasteiger partial charge < -0.3 is 14.8 Å². The fraction of sp³-hybridized carbons (Fsp3) is 0.350. The van der Waals surface area contributed by atoms with Gasteiger partial charge >= 0.3 is 0 Å². The van der Waals surface area contributed by atoms with Crippen LogP contribution in [0.4, 0.5) is 5.69 Å². The number of ether oxygens (including phenoxy) is 2. The minimum Gasteiger partial charge on any atom is -0.494 e. The topological polar surface area (TPSA) is 47.6 Å². The van der Waals surface area contributed by atoms with Gasteiger partial charge in [-0.25, -0.2) is 0 Å². The molecule has 0 radical (unpaired) electrons. The van der Waals surface area contributed by atoms with Crippen LogP contribution in [-0.4, -0.2) is 19.1 Å². The summed E-state index contributed by atoms with van der Waals surface area (Å²) in [4.78, 5) is 12.4. The van der Waals surface area contributed by atoms with Gasteiger partial charge in [0.2, 0.25) is 0 Å². The van der Waals surface area contributed by atoms with Crippen LogP contribution < -0.4 is 10.1 Å². The quantitative estimate of drug-likeness (QED) is 0.776. The van der Waals surface area contributed by atoms with Gasteiger partial charge in [0.05, 0.1) is 13.2 Å². The van der Waals surface area contributed by atoms with Crippen LogP contribution in [0.5, 0.6) is 5.75 Å². The number of anilines is 1. The smallest absolute Gasteiger partial charge is 0.255 e. The maximum Gasteiger partial charge on any atom is 0.255 e. The second-order valence-corrected chi connectivity index (χ2v) is 5.98. The number of nitrogens with one attached hydrogen (secondary N) is 1. The van der Waals surface area contributed by atoms with E-state index in [4.69, 9.17) is 9.47 Å². The number of benzene rings is 2. The molecular formula is C20H25NO3. The highest BCUT2D eigenvalue weighted by Crippen LogP contribution is 2.22. The molecule has 24 heavy (non-hydrogen) atoms. The van der Waals surface area contributed by atoms with Gasteiger partial charge in [0.25, 0.3) is 5.91 Å². The first-order chi connectivity index (χ1) is 11.6. The fourth-order valence-electron chi connectivity index (χ4n) is 2.26. The van der Waals surface area contributed by atoms with Gasteiger partial charge in [-0.3, -0.25) is 4.79 Å². The lowest BCUT2D eigenvalue weighted by Gasteiger charge is -2.13. The predicted octanol–water partition coefficient (Wildman–Crippen LogP) is 4.51. The Labute approximate surface area is 143 Å². The third-order valence-corrected chi connectivity index (χ3v) is 3.36. The van der Waals surface area contributed by atoms with Gasteiger partial charge in [0.15, 0.2) is 0 Å². The number of para-hydroxylation sites is 1. The van der Waals surface area contributed by atoms with Crippen LogP contribution in [0.1, 0.15) is 36.7 Å². The molecule has 0 spiro atoms. The second kappa shape index (κ2) is 9.08. The molecule has 1 N–H and O–H groups in total. The zero-order valence-electron chi connectivity index (χ0n) is 14.5. The van der Waals surface area contributed by atoms with Crippen molar-refractivity contribution in [2.45, 2.75) is 27.4 Å². The molecule has 0 saturated carbocycles. The summed E-state index contributed by atoms with van der Waals surface area (Å²) in [6, 6.07) is 14.9. The van der Waals surface area contributed by atoms with Crippen molar-refractivity contribution in [1.29, 1.82) is 0 Å². The Balaban J connectivity index is 2.13. The van der Waals surface area contributed by atoms with Crippen molar-refractivity contribution in [2.75, 3.05) is 18.5 Å². The number of rotatable bonds is 8. The zero-order valence-corrected chi connectivity index (χ0v) is 14.5. The van der Waals surface area contributed by atoms with Gasteiger partial charge in [-0.05, 0) is 43.2 Å². The van der Waals surface area contributed by atoms with Crippen molar-refractivity contribution < 1.29 is 14.3 Å². The van der Waals surface area contributed by atoms with E-state index in [9.17, 15) is 4.79 Å². The average molecular weight is 327 g/mol. The molecule has 4 nitrogen and oxygen atoms in total. The Kier molecular flexibility index (Phi) is 6.82. The molecule has 2 rings (SSSR count). The predicted molar refractivity (Wildman–Crippen MR) is 96.5 cm³/mol. The van der Waals surface area contributed by atoms with E-state index in [1.165, 1.54) is 0 Å². The second-order valence-electron chi connectivity index (χ2n) is 5.98. The molecule has 0 heterocycles. The van der Waals surface area contributed by atoms with Crippen molar-refractivity contribution in [1.82, 2.24) is 0 Å². The summed E-state index contributed by atoms with van der Waals surface area (Å²) in [6.45, 7) is 7.83. The Bertz CT molecular complexity index is 653. The van der Waals surface area contributed by atoms with Crippen LogP contribution in [-0.2, 0) is 11.3 Å². The summed E-state index contributed by atoms with van der Waals surface area (Å²) >= 11 is 0. The molecule has 0 aliphatic carbocycles. The summed E-state index contributed by atoms with van der Waals surface area (Å²) in [6.07, 6.45) is 0. The number of carbonyl (C=O) groups is 1. The van der Waals surface area contributed by atoms with Gasteiger partial charge in [-0.15, -0.1) is 0 Å². The van der Waals surface area contributed by atoms with Crippen LogP contribution in [0, 0.1) is 5.92 Å². The van der Waals surface area contributed by atoms with E-state index >= 15 is 0 Å². The van der Waals surface area contributed by atoms with Crippen molar-refractivity contribution >= 4 is 11.6 Å². The molecule has 0 bridgehead atoms. The van der Waals surface area contributed by atoms with Crippen molar-refractivity contribution in [3.8, 4) is 5.75 Å². The Morgan fingerprint density at radius 2 is 1.88 bits per heavy atom. The first-order valence-corrected chi connectivity index (χ1v) is 8.30. The molecule has 0 aliphatic rings. The van der Waals surface area contributed by atoms with Crippen molar-refractivity contribution in [3.63, 3.8) is 0 Å². The summed E-state index contributed by atoms with van der Waals surface area (Å²) in [5, 5.41) is 2.89. The molecule has 0 fully saturated rings. The van der Waals surface area contributed by atoms with Crippen LogP contribution in [0.3, 0.4) is 0 Å². The minimum atomic E-state index is -0.144. The van der Waals surface area contributed by atoms with E-state index in [0.717, 1.165) is 17.0 Å². The van der Waals surface area contributed by atoms with Crippen molar-refractivity contribution in [3.05, 3.63) is 59.7 Å². The van der Waals surface area contributed by atoms with E-state index < -0.39 is 0 Å². The molecule has 0 atom stereocenters. The number of hydrogen-bond donors (Lipinski definition) is 1. The lowest BCUT2D eigenvalue weighted by Crippen LogP contribution is -2.13. The molecular weight excluding hydrogens is 302 g/mol. The first kappa shape index (κ1) is 18.0. The average Bonchev–Trinajstić information content (AvgIpc) is 2.57. The fourth-order valence-corrected chi connectivity index (χ4v) is 2.26. The lowest BCUT2D eigenvalue weighted by molar-refractivity contribution is 0.0948. The summed E-state index contributed by atoms with van der Waals surface area (Å²) in [5.41, 5.74) is 2.25. The van der Waals surface area contributed by atoms with Gasteiger partial charge in [0.1, 0.15) is 5.75 Å². The van der Waals surface area contributed by atoms with Gasteiger partial charge in [-0.1, -0.05) is 32.0 Å². The monoisotopic (exact) mass is 327 g/mol. The lowest BCUT2D eigenvalue weighted by atomic mass is 10.1. The number of hydrogen-bond acceptors (Lipinski definition) is 3. The standard InChI is InChI=1S/C20H25NO3/c1-4-24-19-11-10-16(12-17(19)14-23-13-15(2)3)20(22)21-18-8-6-5-7-9-18/h5-12,15H,4,13-14H2,1-3H3,(H,21,22). The van der Waals surface area contributed by atoms with Crippen LogP contribution >= 0.6 is 0 Å².